The third kappa shape index (κ3) is 8.67. The molecule has 2 rings (SSSR count). The molecule has 0 aromatic rings. The van der Waals surface area contributed by atoms with Crippen LogP contribution in [-0.2, 0) is 9.59 Å². The highest BCUT2D eigenvalue weighted by molar-refractivity contribution is 5.67. The van der Waals surface area contributed by atoms with Crippen LogP contribution in [0.15, 0.2) is 0 Å². The van der Waals surface area contributed by atoms with E-state index in [1.165, 1.54) is 0 Å². The molecule has 0 radical (unpaired) electrons. The Morgan fingerprint density at radius 3 is 1.81 bits per heavy atom. The molecule has 0 bridgehead atoms. The van der Waals surface area contributed by atoms with Gasteiger partial charge in [-0.3, -0.25) is 9.59 Å². The fourth-order valence-corrected chi connectivity index (χ4v) is 2.85. The fourth-order valence-electron chi connectivity index (χ4n) is 2.85. The Labute approximate surface area is 126 Å². The van der Waals surface area contributed by atoms with Crippen LogP contribution in [0.3, 0.4) is 0 Å². The van der Waals surface area contributed by atoms with Crippen molar-refractivity contribution >= 4 is 11.9 Å². The maximum atomic E-state index is 10.3. The van der Waals surface area contributed by atoms with Gasteiger partial charge in [-0.1, -0.05) is 0 Å². The minimum Gasteiger partial charge on any atom is -0.481 e. The van der Waals surface area contributed by atoms with E-state index in [-0.39, 0.29) is 0 Å². The van der Waals surface area contributed by atoms with E-state index < -0.39 is 11.9 Å². The topological polar surface area (TPSA) is 89.9 Å². The van der Waals surface area contributed by atoms with Gasteiger partial charge in [0.05, 0.1) is 0 Å². The van der Waals surface area contributed by atoms with E-state index in [0.717, 1.165) is 51.9 Å². The van der Waals surface area contributed by atoms with Gasteiger partial charge in [0.2, 0.25) is 0 Å². The summed E-state index contributed by atoms with van der Waals surface area (Å²) in [5.74, 6) is -0.478. The summed E-state index contributed by atoms with van der Waals surface area (Å²) in [6.07, 6.45) is 4.83. The molecule has 2 fully saturated rings. The van der Waals surface area contributed by atoms with Crippen LogP contribution in [0.5, 0.6) is 0 Å². The number of likely N-dealkylation sites (tertiary alicyclic amines) is 1. The molecule has 0 spiro atoms. The van der Waals surface area contributed by atoms with Gasteiger partial charge in [-0.05, 0) is 70.7 Å². The van der Waals surface area contributed by atoms with Gasteiger partial charge in [-0.15, -0.1) is 0 Å². The van der Waals surface area contributed by atoms with Gasteiger partial charge in [0.1, 0.15) is 0 Å². The quantitative estimate of drug-likeness (QED) is 0.724. The lowest BCUT2D eigenvalue weighted by Gasteiger charge is -2.27. The van der Waals surface area contributed by atoms with Crippen molar-refractivity contribution < 1.29 is 19.8 Å². The molecule has 0 aliphatic carbocycles. The molecule has 2 saturated heterocycles. The standard InChI is InChI=1S/C8H15NO2.C7H13NO2/c1-9-4-2-7(3-5-9)6-8(10)11;9-7(10)5-6-1-3-8-4-2-6/h7H,2-6H2,1H3,(H,10,11);6,8H,1-5H2,(H,9,10). The van der Waals surface area contributed by atoms with Gasteiger partial charge in [0.15, 0.2) is 0 Å². The van der Waals surface area contributed by atoms with Crippen molar-refractivity contribution in [1.82, 2.24) is 10.2 Å². The van der Waals surface area contributed by atoms with Crippen LogP contribution in [0.25, 0.3) is 0 Å². The van der Waals surface area contributed by atoms with Gasteiger partial charge in [0.25, 0.3) is 0 Å². The number of aliphatic carboxylic acids is 2. The van der Waals surface area contributed by atoms with Gasteiger partial charge >= 0.3 is 11.9 Å². The monoisotopic (exact) mass is 300 g/mol. The number of piperidine rings is 2. The van der Waals surface area contributed by atoms with E-state index in [0.29, 0.717) is 24.7 Å². The van der Waals surface area contributed by atoms with Crippen molar-refractivity contribution in [2.75, 3.05) is 33.2 Å². The summed E-state index contributed by atoms with van der Waals surface area (Å²) in [4.78, 5) is 22.8. The average Bonchev–Trinajstić information content (AvgIpc) is 2.42. The molecule has 0 aromatic heterocycles. The number of nitrogens with zero attached hydrogens (tertiary/aromatic N) is 1. The second kappa shape index (κ2) is 9.73. The summed E-state index contributed by atoms with van der Waals surface area (Å²) in [6, 6.07) is 0. The van der Waals surface area contributed by atoms with Crippen LogP contribution < -0.4 is 5.32 Å². The molecule has 2 aliphatic rings. The third-order valence-electron chi connectivity index (χ3n) is 4.22. The summed E-state index contributed by atoms with van der Waals surface area (Å²) in [5, 5.41) is 20.2. The second-order valence-corrected chi connectivity index (χ2v) is 6.14. The van der Waals surface area contributed by atoms with Crippen molar-refractivity contribution in [3.8, 4) is 0 Å². The summed E-state index contributed by atoms with van der Waals surface area (Å²) < 4.78 is 0. The van der Waals surface area contributed by atoms with E-state index in [1.54, 1.807) is 0 Å². The molecule has 0 unspecified atom stereocenters. The van der Waals surface area contributed by atoms with Crippen LogP contribution in [-0.4, -0.2) is 60.3 Å². The fraction of sp³-hybridized carbons (Fsp3) is 0.867. The Morgan fingerprint density at radius 1 is 0.952 bits per heavy atom. The van der Waals surface area contributed by atoms with Crippen molar-refractivity contribution in [3.63, 3.8) is 0 Å². The van der Waals surface area contributed by atoms with Crippen LogP contribution in [0.1, 0.15) is 38.5 Å². The predicted molar refractivity (Wildman–Crippen MR) is 80.3 cm³/mol. The summed E-state index contributed by atoms with van der Waals surface area (Å²) in [7, 11) is 2.08. The first-order valence-corrected chi connectivity index (χ1v) is 7.80. The molecule has 6 nitrogen and oxygen atoms in total. The zero-order valence-electron chi connectivity index (χ0n) is 12.9. The first kappa shape index (κ1) is 17.9. The van der Waals surface area contributed by atoms with E-state index in [4.69, 9.17) is 10.2 Å². The Bertz CT molecular complexity index is 322. The van der Waals surface area contributed by atoms with E-state index in [1.807, 2.05) is 0 Å². The molecular weight excluding hydrogens is 272 g/mol. The van der Waals surface area contributed by atoms with Crippen molar-refractivity contribution in [3.05, 3.63) is 0 Å². The minimum atomic E-state index is -0.660. The Balaban J connectivity index is 0.000000211. The molecule has 0 aromatic carbocycles. The first-order valence-electron chi connectivity index (χ1n) is 7.80. The number of carboxylic acids is 2. The predicted octanol–water partition coefficient (Wildman–Crippen LogP) is 1.26. The molecule has 0 atom stereocenters. The second-order valence-electron chi connectivity index (χ2n) is 6.14. The van der Waals surface area contributed by atoms with Crippen LogP contribution in [0.2, 0.25) is 0 Å². The zero-order valence-corrected chi connectivity index (χ0v) is 12.9. The molecule has 21 heavy (non-hydrogen) atoms. The summed E-state index contributed by atoms with van der Waals surface area (Å²) >= 11 is 0. The van der Waals surface area contributed by atoms with Crippen molar-refractivity contribution in [2.24, 2.45) is 11.8 Å². The van der Waals surface area contributed by atoms with Gasteiger partial charge in [-0.2, -0.15) is 0 Å². The van der Waals surface area contributed by atoms with Crippen LogP contribution >= 0.6 is 0 Å². The Hall–Kier alpha value is -1.14. The Kier molecular flexibility index (Phi) is 8.30. The number of hydrogen-bond acceptors (Lipinski definition) is 4. The number of hydrogen-bond donors (Lipinski definition) is 3. The number of carbonyl (C=O) groups is 2. The molecular formula is C15H28N2O4. The maximum Gasteiger partial charge on any atom is 0.303 e. The average molecular weight is 300 g/mol. The SMILES string of the molecule is CN1CCC(CC(=O)O)CC1.O=C(O)CC1CCNCC1. The lowest BCUT2D eigenvalue weighted by atomic mass is 9.94. The number of nitrogens with one attached hydrogen (secondary N) is 1. The van der Waals surface area contributed by atoms with Gasteiger partial charge < -0.3 is 20.4 Å². The highest BCUT2D eigenvalue weighted by Crippen LogP contribution is 2.18. The number of rotatable bonds is 4. The zero-order chi connectivity index (χ0) is 15.7. The lowest BCUT2D eigenvalue weighted by Crippen LogP contribution is -2.31. The van der Waals surface area contributed by atoms with Crippen LogP contribution in [0, 0.1) is 11.8 Å². The maximum absolute atomic E-state index is 10.3. The van der Waals surface area contributed by atoms with Crippen LogP contribution in [0.4, 0.5) is 0 Å². The lowest BCUT2D eigenvalue weighted by molar-refractivity contribution is -0.139. The molecule has 6 heteroatoms. The molecule has 122 valence electrons. The number of carboxylic acid groups (broad SMARTS) is 2. The Morgan fingerprint density at radius 2 is 1.38 bits per heavy atom. The molecule has 0 saturated carbocycles. The summed E-state index contributed by atoms with van der Waals surface area (Å²) in [6.45, 7) is 4.08. The highest BCUT2D eigenvalue weighted by atomic mass is 16.4. The molecule has 2 heterocycles. The van der Waals surface area contributed by atoms with E-state index in [9.17, 15) is 9.59 Å². The van der Waals surface area contributed by atoms with Crippen molar-refractivity contribution in [2.45, 2.75) is 38.5 Å². The van der Waals surface area contributed by atoms with E-state index in [2.05, 4.69) is 17.3 Å². The molecule has 0 amide bonds. The first-order chi connectivity index (χ1) is 9.97. The molecule has 2 aliphatic heterocycles. The smallest absolute Gasteiger partial charge is 0.303 e. The normalized spacial score (nSPS) is 21.4. The van der Waals surface area contributed by atoms with Gasteiger partial charge in [-0.25, -0.2) is 0 Å². The summed E-state index contributed by atoms with van der Waals surface area (Å²) in [5.41, 5.74) is 0. The van der Waals surface area contributed by atoms with Gasteiger partial charge in [0, 0.05) is 12.8 Å². The largest absolute Gasteiger partial charge is 0.481 e. The van der Waals surface area contributed by atoms with Crippen molar-refractivity contribution in [1.29, 1.82) is 0 Å². The highest BCUT2D eigenvalue weighted by Gasteiger charge is 2.18. The minimum absolute atomic E-state index is 0.349. The molecule has 3 N–H and O–H groups in total. The van der Waals surface area contributed by atoms with E-state index >= 15 is 0 Å². The third-order valence-corrected chi connectivity index (χ3v) is 4.22.